The Morgan fingerprint density at radius 3 is 2.22 bits per heavy atom. The second-order valence-electron chi connectivity index (χ2n) is 6.27. The first-order valence-electron chi connectivity index (χ1n) is 8.60. The number of carbonyl (C=O) groups excluding carboxylic acids is 2. The number of hydrogen-bond donors (Lipinski definition) is 1. The molecule has 1 aliphatic heterocycles. The monoisotopic (exact) mass is 387 g/mol. The summed E-state index contributed by atoms with van der Waals surface area (Å²) in [6.07, 6.45) is 0. The van der Waals surface area contributed by atoms with E-state index in [9.17, 15) is 18.0 Å². The molecule has 2 amide bonds. The zero-order valence-electron chi connectivity index (χ0n) is 15.0. The predicted octanol–water partition coefficient (Wildman–Crippen LogP) is 1.79. The van der Waals surface area contributed by atoms with E-state index in [1.54, 1.807) is 59.5 Å². The van der Waals surface area contributed by atoms with E-state index in [4.69, 9.17) is 0 Å². The molecule has 0 radical (unpaired) electrons. The van der Waals surface area contributed by atoms with Crippen molar-refractivity contribution in [1.29, 1.82) is 0 Å². The largest absolute Gasteiger partial charge is 0.336 e. The average molecular weight is 387 g/mol. The summed E-state index contributed by atoms with van der Waals surface area (Å²) in [6, 6.07) is 15.0. The third kappa shape index (κ3) is 4.35. The van der Waals surface area contributed by atoms with Crippen LogP contribution in [0.15, 0.2) is 59.5 Å². The normalized spacial score (nSPS) is 15.4. The number of amides is 2. The molecule has 0 bridgehead atoms. The van der Waals surface area contributed by atoms with E-state index < -0.39 is 10.0 Å². The van der Waals surface area contributed by atoms with Gasteiger partial charge in [0.25, 0.3) is 5.91 Å². The van der Waals surface area contributed by atoms with E-state index in [1.165, 1.54) is 11.2 Å². The fourth-order valence-corrected chi connectivity index (χ4v) is 4.43. The first-order valence-corrected chi connectivity index (χ1v) is 10.0. The van der Waals surface area contributed by atoms with Gasteiger partial charge in [-0.05, 0) is 30.3 Å². The van der Waals surface area contributed by atoms with E-state index in [2.05, 4.69) is 5.32 Å². The molecule has 0 unspecified atom stereocenters. The second kappa shape index (κ2) is 7.89. The molecular formula is C19H21N3O4S. The summed E-state index contributed by atoms with van der Waals surface area (Å²) in [5.74, 6) is -0.390. The fourth-order valence-electron chi connectivity index (χ4n) is 2.99. The molecule has 142 valence electrons. The fraction of sp³-hybridized carbons (Fsp3) is 0.263. The van der Waals surface area contributed by atoms with Crippen LogP contribution in [0.25, 0.3) is 0 Å². The van der Waals surface area contributed by atoms with Gasteiger partial charge in [0.1, 0.15) is 0 Å². The highest BCUT2D eigenvalue weighted by molar-refractivity contribution is 7.89. The van der Waals surface area contributed by atoms with Crippen molar-refractivity contribution in [3.8, 4) is 0 Å². The number of piperazine rings is 1. The van der Waals surface area contributed by atoms with Crippen molar-refractivity contribution in [2.24, 2.45) is 0 Å². The minimum atomic E-state index is -3.55. The van der Waals surface area contributed by atoms with E-state index in [-0.39, 0.29) is 29.8 Å². The first-order chi connectivity index (χ1) is 12.9. The van der Waals surface area contributed by atoms with E-state index in [0.717, 1.165) is 0 Å². The minimum Gasteiger partial charge on any atom is -0.336 e. The number of sulfonamides is 1. The smallest absolute Gasteiger partial charge is 0.254 e. The Kier molecular flexibility index (Phi) is 5.57. The van der Waals surface area contributed by atoms with Crippen molar-refractivity contribution in [3.63, 3.8) is 0 Å². The maximum Gasteiger partial charge on any atom is 0.254 e. The number of benzene rings is 2. The van der Waals surface area contributed by atoms with Crippen molar-refractivity contribution < 1.29 is 18.0 Å². The summed E-state index contributed by atoms with van der Waals surface area (Å²) in [5.41, 5.74) is 1.01. The molecule has 8 heteroatoms. The molecule has 2 aromatic carbocycles. The van der Waals surface area contributed by atoms with Crippen LogP contribution in [0.5, 0.6) is 0 Å². The van der Waals surface area contributed by atoms with Gasteiger partial charge in [-0.3, -0.25) is 9.59 Å². The van der Waals surface area contributed by atoms with Gasteiger partial charge in [-0.15, -0.1) is 0 Å². The van der Waals surface area contributed by atoms with Crippen molar-refractivity contribution in [3.05, 3.63) is 60.2 Å². The van der Waals surface area contributed by atoms with Crippen LogP contribution in [0.1, 0.15) is 17.3 Å². The van der Waals surface area contributed by atoms with Crippen LogP contribution < -0.4 is 5.32 Å². The van der Waals surface area contributed by atoms with Crippen LogP contribution in [0, 0.1) is 0 Å². The van der Waals surface area contributed by atoms with Crippen LogP contribution in [0.3, 0.4) is 0 Å². The highest BCUT2D eigenvalue weighted by Crippen LogP contribution is 2.19. The first kappa shape index (κ1) is 19.1. The Morgan fingerprint density at radius 1 is 0.926 bits per heavy atom. The Hall–Kier alpha value is -2.71. The third-order valence-electron chi connectivity index (χ3n) is 4.34. The molecule has 7 nitrogen and oxygen atoms in total. The molecule has 0 spiro atoms. The molecule has 0 aromatic heterocycles. The van der Waals surface area contributed by atoms with Gasteiger partial charge in [0.05, 0.1) is 4.90 Å². The minimum absolute atomic E-state index is 0.182. The van der Waals surface area contributed by atoms with E-state index >= 15 is 0 Å². The van der Waals surface area contributed by atoms with Crippen LogP contribution in [0.2, 0.25) is 0 Å². The molecule has 0 aliphatic carbocycles. The van der Waals surface area contributed by atoms with Gasteiger partial charge in [0.2, 0.25) is 15.9 Å². The predicted molar refractivity (Wildman–Crippen MR) is 102 cm³/mol. The van der Waals surface area contributed by atoms with Gasteiger partial charge in [-0.25, -0.2) is 8.42 Å². The van der Waals surface area contributed by atoms with E-state index in [1.807, 2.05) is 0 Å². The van der Waals surface area contributed by atoms with Crippen LogP contribution in [0.4, 0.5) is 5.69 Å². The zero-order valence-corrected chi connectivity index (χ0v) is 15.8. The summed E-state index contributed by atoms with van der Waals surface area (Å²) in [4.78, 5) is 25.8. The van der Waals surface area contributed by atoms with Crippen molar-refractivity contribution in [2.75, 3.05) is 31.5 Å². The van der Waals surface area contributed by atoms with Gasteiger partial charge in [-0.2, -0.15) is 4.31 Å². The number of anilines is 1. The summed E-state index contributed by atoms with van der Waals surface area (Å²) in [7, 11) is -3.55. The van der Waals surface area contributed by atoms with Crippen LogP contribution in [-0.4, -0.2) is 55.6 Å². The Bertz CT molecular complexity index is 936. The summed E-state index contributed by atoms with van der Waals surface area (Å²) < 4.78 is 26.7. The molecular weight excluding hydrogens is 366 g/mol. The number of rotatable bonds is 4. The molecule has 1 N–H and O–H groups in total. The Balaban J connectivity index is 1.67. The molecule has 1 fully saturated rings. The third-order valence-corrected chi connectivity index (χ3v) is 6.25. The molecule has 0 atom stereocenters. The van der Waals surface area contributed by atoms with Gasteiger partial charge in [0, 0.05) is 44.4 Å². The van der Waals surface area contributed by atoms with Gasteiger partial charge in [-0.1, -0.05) is 24.3 Å². The molecule has 1 saturated heterocycles. The average Bonchev–Trinajstić information content (AvgIpc) is 2.68. The lowest BCUT2D eigenvalue weighted by molar-refractivity contribution is -0.114. The molecule has 27 heavy (non-hydrogen) atoms. The highest BCUT2D eigenvalue weighted by atomic mass is 32.2. The number of carbonyl (C=O) groups is 2. The molecule has 1 aliphatic rings. The quantitative estimate of drug-likeness (QED) is 0.867. The Labute approximate surface area is 158 Å². The molecule has 3 rings (SSSR count). The van der Waals surface area contributed by atoms with Crippen molar-refractivity contribution in [1.82, 2.24) is 9.21 Å². The number of hydrogen-bond acceptors (Lipinski definition) is 4. The second-order valence-corrected chi connectivity index (χ2v) is 8.21. The maximum absolute atomic E-state index is 12.7. The van der Waals surface area contributed by atoms with Crippen LogP contribution >= 0.6 is 0 Å². The molecule has 0 saturated carbocycles. The zero-order chi connectivity index (χ0) is 19.4. The summed E-state index contributed by atoms with van der Waals surface area (Å²) in [6.45, 7) is 2.52. The summed E-state index contributed by atoms with van der Waals surface area (Å²) >= 11 is 0. The standard InChI is InChI=1S/C19H21N3O4S/c1-15(23)20-17-7-5-6-16(14-17)19(24)21-10-12-22(13-11-21)27(25,26)18-8-3-2-4-9-18/h2-9,14H,10-13H2,1H3,(H,20,23). The number of nitrogens with one attached hydrogen (secondary N) is 1. The molecule has 2 aromatic rings. The van der Waals surface area contributed by atoms with Crippen molar-refractivity contribution in [2.45, 2.75) is 11.8 Å². The van der Waals surface area contributed by atoms with Crippen molar-refractivity contribution >= 4 is 27.5 Å². The van der Waals surface area contributed by atoms with E-state index in [0.29, 0.717) is 24.3 Å². The molecule has 1 heterocycles. The van der Waals surface area contributed by atoms with Gasteiger partial charge in [0.15, 0.2) is 0 Å². The van der Waals surface area contributed by atoms with Gasteiger partial charge < -0.3 is 10.2 Å². The number of nitrogens with zero attached hydrogens (tertiary/aromatic N) is 2. The SMILES string of the molecule is CC(=O)Nc1cccc(C(=O)N2CCN(S(=O)(=O)c3ccccc3)CC2)c1. The van der Waals surface area contributed by atoms with Gasteiger partial charge >= 0.3 is 0 Å². The lowest BCUT2D eigenvalue weighted by atomic mass is 10.1. The topological polar surface area (TPSA) is 86.8 Å². The highest BCUT2D eigenvalue weighted by Gasteiger charge is 2.30. The lowest BCUT2D eigenvalue weighted by Crippen LogP contribution is -2.50. The maximum atomic E-state index is 12.7. The van der Waals surface area contributed by atoms with Crippen LogP contribution in [-0.2, 0) is 14.8 Å². The Morgan fingerprint density at radius 2 is 1.59 bits per heavy atom. The lowest BCUT2D eigenvalue weighted by Gasteiger charge is -2.34. The summed E-state index contributed by atoms with van der Waals surface area (Å²) in [5, 5.41) is 2.65.